The van der Waals surface area contributed by atoms with Crippen LogP contribution in [0, 0.1) is 0 Å². The molecule has 2 aliphatic rings. The molecule has 2 N–H and O–H groups in total. The number of fused-ring (bicyclic) bond motifs is 1. The van der Waals surface area contributed by atoms with Gasteiger partial charge in [0.2, 0.25) is 11.8 Å². The van der Waals surface area contributed by atoms with E-state index >= 15 is 0 Å². The number of aliphatic carboxylic acids is 1. The van der Waals surface area contributed by atoms with Crippen LogP contribution in [-0.4, -0.2) is 51.1 Å². The molecule has 2 amide bonds. The van der Waals surface area contributed by atoms with Crippen LogP contribution in [0.1, 0.15) is 32.6 Å². The predicted molar refractivity (Wildman–Crippen MR) is 98.2 cm³/mol. The summed E-state index contributed by atoms with van der Waals surface area (Å²) in [7, 11) is 0. The van der Waals surface area contributed by atoms with Crippen LogP contribution in [0.3, 0.4) is 0 Å². The number of carboxylic acids is 1. The van der Waals surface area contributed by atoms with Crippen molar-refractivity contribution in [2.75, 3.05) is 17.7 Å². The molecule has 0 saturated carbocycles. The Morgan fingerprint density at radius 3 is 2.81 bits per heavy atom. The van der Waals surface area contributed by atoms with Gasteiger partial charge in [-0.15, -0.1) is 11.8 Å². The highest BCUT2D eigenvalue weighted by atomic mass is 32.2. The topological polar surface area (TPSA) is 95.9 Å². The number of hydrogen-bond donors (Lipinski definition) is 2. The van der Waals surface area contributed by atoms with Crippen LogP contribution in [0.4, 0.5) is 5.69 Å². The van der Waals surface area contributed by atoms with E-state index in [-0.39, 0.29) is 23.1 Å². The number of thioether (sulfide) groups is 1. The van der Waals surface area contributed by atoms with Crippen molar-refractivity contribution in [2.24, 2.45) is 0 Å². The summed E-state index contributed by atoms with van der Waals surface area (Å²) in [5.74, 6) is 0.254. The lowest BCUT2D eigenvalue weighted by molar-refractivity contribution is -0.137. The quantitative estimate of drug-likeness (QED) is 0.707. The summed E-state index contributed by atoms with van der Waals surface area (Å²) in [6.07, 6.45) is 1.80. The number of carbonyl (C=O) groups is 3. The van der Waals surface area contributed by atoms with E-state index in [1.807, 2.05) is 6.92 Å². The van der Waals surface area contributed by atoms with Crippen LogP contribution in [0.15, 0.2) is 24.3 Å². The molecule has 2 fully saturated rings. The number of ether oxygens (including phenoxy) is 1. The van der Waals surface area contributed by atoms with E-state index in [0.717, 1.165) is 6.42 Å². The minimum Gasteiger partial charge on any atom is -0.494 e. The van der Waals surface area contributed by atoms with E-state index in [2.05, 4.69) is 5.32 Å². The van der Waals surface area contributed by atoms with Crippen molar-refractivity contribution in [1.29, 1.82) is 0 Å². The Kier molecular flexibility index (Phi) is 5.41. The van der Waals surface area contributed by atoms with Gasteiger partial charge in [0.1, 0.15) is 11.8 Å². The SMILES string of the molecule is CC12CCC(=O)N1C(C(=O)Nc1ccc(OCCCC(=O)O)cc1)CS2. The molecule has 2 heterocycles. The fourth-order valence-corrected chi connectivity index (χ4v) is 4.72. The van der Waals surface area contributed by atoms with Gasteiger partial charge in [-0.1, -0.05) is 0 Å². The molecular weight excluding hydrogens is 356 g/mol. The summed E-state index contributed by atoms with van der Waals surface area (Å²) in [6.45, 7) is 2.35. The van der Waals surface area contributed by atoms with Crippen LogP contribution < -0.4 is 10.1 Å². The van der Waals surface area contributed by atoms with Gasteiger partial charge in [-0.05, 0) is 44.0 Å². The highest BCUT2D eigenvalue weighted by Gasteiger charge is 2.52. The normalized spacial score (nSPS) is 24.4. The van der Waals surface area contributed by atoms with E-state index in [1.165, 1.54) is 0 Å². The predicted octanol–water partition coefficient (Wildman–Crippen LogP) is 2.32. The molecule has 0 radical (unpaired) electrons. The van der Waals surface area contributed by atoms with Crippen LogP contribution in [0.2, 0.25) is 0 Å². The van der Waals surface area contributed by atoms with Crippen molar-refractivity contribution in [1.82, 2.24) is 4.90 Å². The zero-order valence-corrected chi connectivity index (χ0v) is 15.4. The van der Waals surface area contributed by atoms with Gasteiger partial charge >= 0.3 is 5.97 Å². The Hall–Kier alpha value is -2.22. The molecule has 3 rings (SSSR count). The number of amides is 2. The smallest absolute Gasteiger partial charge is 0.303 e. The first-order chi connectivity index (χ1) is 12.4. The fourth-order valence-electron chi connectivity index (χ4n) is 3.29. The van der Waals surface area contributed by atoms with Crippen molar-refractivity contribution in [3.05, 3.63) is 24.3 Å². The average molecular weight is 378 g/mol. The van der Waals surface area contributed by atoms with E-state index in [0.29, 0.717) is 36.6 Å². The third-order valence-corrected chi connectivity index (χ3v) is 6.18. The second kappa shape index (κ2) is 7.57. The van der Waals surface area contributed by atoms with Crippen LogP contribution in [-0.2, 0) is 14.4 Å². The van der Waals surface area contributed by atoms with Crippen molar-refractivity contribution in [2.45, 2.75) is 43.5 Å². The van der Waals surface area contributed by atoms with Gasteiger partial charge in [-0.25, -0.2) is 0 Å². The molecule has 2 atom stereocenters. The minimum atomic E-state index is -0.843. The van der Waals surface area contributed by atoms with E-state index in [9.17, 15) is 14.4 Å². The molecule has 8 heteroatoms. The summed E-state index contributed by atoms with van der Waals surface area (Å²) >= 11 is 1.66. The maximum atomic E-state index is 12.6. The molecule has 26 heavy (non-hydrogen) atoms. The number of rotatable bonds is 7. The molecule has 1 aromatic carbocycles. The van der Waals surface area contributed by atoms with Crippen molar-refractivity contribution in [3.8, 4) is 5.75 Å². The third-order valence-electron chi connectivity index (χ3n) is 4.67. The summed E-state index contributed by atoms with van der Waals surface area (Å²) in [4.78, 5) is 36.6. The molecule has 7 nitrogen and oxygen atoms in total. The maximum absolute atomic E-state index is 12.6. The van der Waals surface area contributed by atoms with Crippen molar-refractivity contribution < 1.29 is 24.2 Å². The van der Waals surface area contributed by atoms with Gasteiger partial charge in [-0.2, -0.15) is 0 Å². The summed E-state index contributed by atoms with van der Waals surface area (Å²) in [6, 6.07) is 6.48. The number of nitrogens with zero attached hydrogens (tertiary/aromatic N) is 1. The summed E-state index contributed by atoms with van der Waals surface area (Å²) in [5, 5.41) is 11.5. The molecule has 140 valence electrons. The van der Waals surface area contributed by atoms with E-state index < -0.39 is 12.0 Å². The molecule has 1 aromatic rings. The lowest BCUT2D eigenvalue weighted by Gasteiger charge is -2.29. The lowest BCUT2D eigenvalue weighted by atomic mass is 10.2. The number of carboxylic acid groups (broad SMARTS) is 1. The number of anilines is 1. The second-order valence-corrected chi connectivity index (χ2v) is 8.13. The zero-order chi connectivity index (χ0) is 18.7. The molecule has 2 aliphatic heterocycles. The summed E-state index contributed by atoms with van der Waals surface area (Å²) in [5.41, 5.74) is 0.637. The van der Waals surface area contributed by atoms with Gasteiger partial charge in [0.25, 0.3) is 0 Å². The first kappa shape index (κ1) is 18.6. The molecule has 0 bridgehead atoms. The Morgan fingerprint density at radius 2 is 2.12 bits per heavy atom. The largest absolute Gasteiger partial charge is 0.494 e. The molecule has 0 aliphatic carbocycles. The molecule has 0 spiro atoms. The molecule has 2 unspecified atom stereocenters. The van der Waals surface area contributed by atoms with Crippen LogP contribution in [0.5, 0.6) is 5.75 Å². The van der Waals surface area contributed by atoms with E-state index in [4.69, 9.17) is 9.84 Å². The van der Waals surface area contributed by atoms with Gasteiger partial charge in [0.15, 0.2) is 0 Å². The van der Waals surface area contributed by atoms with Crippen LogP contribution in [0.25, 0.3) is 0 Å². The monoisotopic (exact) mass is 378 g/mol. The number of nitrogens with one attached hydrogen (secondary N) is 1. The highest BCUT2D eigenvalue weighted by molar-refractivity contribution is 8.01. The number of hydrogen-bond acceptors (Lipinski definition) is 5. The maximum Gasteiger partial charge on any atom is 0.303 e. The average Bonchev–Trinajstić information content (AvgIpc) is 3.09. The van der Waals surface area contributed by atoms with Gasteiger partial charge in [-0.3, -0.25) is 14.4 Å². The Bertz CT molecular complexity index is 708. The molecule has 2 saturated heterocycles. The fraction of sp³-hybridized carbons (Fsp3) is 0.500. The van der Waals surface area contributed by atoms with Gasteiger partial charge in [0, 0.05) is 24.3 Å². The second-order valence-electron chi connectivity index (χ2n) is 6.62. The molecular formula is C18H22N2O5S. The zero-order valence-electron chi connectivity index (χ0n) is 14.6. The minimum absolute atomic E-state index is 0.0442. The van der Waals surface area contributed by atoms with E-state index in [1.54, 1.807) is 40.9 Å². The first-order valence-electron chi connectivity index (χ1n) is 8.61. The standard InChI is InChI=1S/C18H22N2O5S/c1-18-9-8-15(21)20(18)14(11-26-18)17(24)19-12-4-6-13(7-5-12)25-10-2-3-16(22)23/h4-7,14H,2-3,8-11H2,1H3,(H,19,24)(H,22,23). The lowest BCUT2D eigenvalue weighted by Crippen LogP contribution is -2.48. The highest BCUT2D eigenvalue weighted by Crippen LogP contribution is 2.47. The molecule has 0 aromatic heterocycles. The van der Waals surface area contributed by atoms with Crippen molar-refractivity contribution >= 4 is 35.2 Å². The van der Waals surface area contributed by atoms with Gasteiger partial charge < -0.3 is 20.1 Å². The van der Waals surface area contributed by atoms with Crippen LogP contribution >= 0.6 is 11.8 Å². The first-order valence-corrected chi connectivity index (χ1v) is 9.59. The Balaban J connectivity index is 1.53. The summed E-state index contributed by atoms with van der Waals surface area (Å²) < 4.78 is 5.47. The number of carbonyl (C=O) groups excluding carboxylic acids is 2. The Labute approximate surface area is 156 Å². The van der Waals surface area contributed by atoms with Crippen molar-refractivity contribution in [3.63, 3.8) is 0 Å². The third kappa shape index (κ3) is 3.95. The number of benzene rings is 1. The van der Waals surface area contributed by atoms with Gasteiger partial charge in [0.05, 0.1) is 11.5 Å². The Morgan fingerprint density at radius 1 is 1.38 bits per heavy atom.